The fourth-order valence-corrected chi connectivity index (χ4v) is 5.45. The van der Waals surface area contributed by atoms with Gasteiger partial charge in [-0.1, -0.05) is 23.7 Å². The summed E-state index contributed by atoms with van der Waals surface area (Å²) in [6.07, 6.45) is 1.75. The van der Waals surface area contributed by atoms with Crippen LogP contribution >= 0.6 is 11.6 Å². The molecule has 0 bridgehead atoms. The Hall–Kier alpha value is -2.72. The fraction of sp³-hybridized carbons (Fsp3) is 0.304. The van der Waals surface area contributed by atoms with E-state index in [1.807, 2.05) is 11.5 Å². The molecule has 0 amide bonds. The van der Waals surface area contributed by atoms with Crippen LogP contribution in [0.15, 0.2) is 47.4 Å². The zero-order chi connectivity index (χ0) is 23.6. The molecule has 1 aromatic heterocycles. The van der Waals surface area contributed by atoms with Gasteiger partial charge in [0.2, 0.25) is 10.0 Å². The number of aryl methyl sites for hydroxylation is 1. The maximum absolute atomic E-state index is 13.0. The second kappa shape index (κ2) is 9.64. The van der Waals surface area contributed by atoms with E-state index in [0.29, 0.717) is 54.8 Å². The molecule has 1 saturated heterocycles. The van der Waals surface area contributed by atoms with E-state index >= 15 is 0 Å². The molecule has 174 valence electrons. The number of aromatic nitrogens is 2. The van der Waals surface area contributed by atoms with E-state index in [0.717, 1.165) is 11.1 Å². The number of nitrogens with zero attached hydrogens (tertiary/aromatic N) is 3. The number of rotatable bonds is 6. The third-order valence-corrected chi connectivity index (χ3v) is 7.66. The number of ether oxygens (including phenoxy) is 2. The van der Waals surface area contributed by atoms with Crippen molar-refractivity contribution in [1.82, 2.24) is 13.9 Å². The molecule has 8 nitrogen and oxygen atoms in total. The number of sulfonamides is 1. The van der Waals surface area contributed by atoms with Crippen molar-refractivity contribution in [2.75, 3.05) is 33.4 Å². The summed E-state index contributed by atoms with van der Waals surface area (Å²) in [7, 11) is -2.29. The van der Waals surface area contributed by atoms with Crippen molar-refractivity contribution in [3.8, 4) is 0 Å². The van der Waals surface area contributed by atoms with Crippen molar-refractivity contribution in [3.63, 3.8) is 0 Å². The van der Waals surface area contributed by atoms with Crippen LogP contribution in [0.3, 0.4) is 0 Å². The fourth-order valence-electron chi connectivity index (χ4n) is 3.75. The second-order valence-electron chi connectivity index (χ2n) is 7.45. The number of esters is 1. The first-order valence-electron chi connectivity index (χ1n) is 10.5. The van der Waals surface area contributed by atoms with Crippen LogP contribution in [-0.4, -0.2) is 61.7 Å². The Morgan fingerprint density at radius 3 is 2.52 bits per heavy atom. The molecule has 0 unspecified atom stereocenters. The highest BCUT2D eigenvalue weighted by atomic mass is 35.5. The maximum Gasteiger partial charge on any atom is 0.337 e. The number of imidazole rings is 1. The van der Waals surface area contributed by atoms with Crippen LogP contribution in [0.4, 0.5) is 0 Å². The van der Waals surface area contributed by atoms with Crippen molar-refractivity contribution in [1.29, 1.82) is 0 Å². The van der Waals surface area contributed by atoms with E-state index in [2.05, 4.69) is 4.98 Å². The van der Waals surface area contributed by atoms with Crippen molar-refractivity contribution in [2.45, 2.75) is 18.4 Å². The lowest BCUT2D eigenvalue weighted by Gasteiger charge is -2.26. The van der Waals surface area contributed by atoms with Gasteiger partial charge in [-0.05, 0) is 48.9 Å². The van der Waals surface area contributed by atoms with Crippen LogP contribution in [-0.2, 0) is 26.0 Å². The highest BCUT2D eigenvalue weighted by Crippen LogP contribution is 2.29. The number of carbonyl (C=O) groups is 1. The third kappa shape index (κ3) is 4.67. The number of fused-ring (bicyclic) bond motifs is 1. The minimum absolute atomic E-state index is 0.197. The van der Waals surface area contributed by atoms with Gasteiger partial charge >= 0.3 is 5.97 Å². The van der Waals surface area contributed by atoms with Crippen molar-refractivity contribution in [3.05, 3.63) is 59.4 Å². The zero-order valence-corrected chi connectivity index (χ0v) is 19.9. The van der Waals surface area contributed by atoms with Gasteiger partial charge in [-0.15, -0.1) is 0 Å². The van der Waals surface area contributed by atoms with Crippen LogP contribution in [0.2, 0.25) is 0 Å². The van der Waals surface area contributed by atoms with Gasteiger partial charge in [-0.2, -0.15) is 4.31 Å². The second-order valence-corrected chi connectivity index (χ2v) is 9.80. The van der Waals surface area contributed by atoms with Gasteiger partial charge in [-0.25, -0.2) is 18.2 Å². The van der Waals surface area contributed by atoms with E-state index in [-0.39, 0.29) is 4.90 Å². The van der Waals surface area contributed by atoms with Gasteiger partial charge in [0.25, 0.3) is 0 Å². The number of benzene rings is 2. The molecule has 3 aromatic rings. The highest BCUT2D eigenvalue weighted by molar-refractivity contribution is 7.89. The van der Waals surface area contributed by atoms with E-state index in [1.54, 1.807) is 48.5 Å². The zero-order valence-electron chi connectivity index (χ0n) is 18.3. The number of carbonyl (C=O) groups excluding carboxylic acids is 1. The normalized spacial score (nSPS) is 15.7. The number of methoxy groups -OCH3 is 1. The van der Waals surface area contributed by atoms with Gasteiger partial charge in [0.15, 0.2) is 5.82 Å². The Morgan fingerprint density at radius 1 is 1.18 bits per heavy atom. The summed E-state index contributed by atoms with van der Waals surface area (Å²) in [5.41, 5.74) is 2.58. The molecular formula is C23H24ClN3O5S. The monoisotopic (exact) mass is 489 g/mol. The standard InChI is InChI=1S/C23H24ClN3O5S/c1-3-27-21-9-8-18(33(29,30)26-10-12-32-13-11-26)15-20(21)25-22(27)19(24)14-16-4-6-17(7-5-16)23(28)31-2/h4-9,14-15H,3,10-13H2,1-2H3/b19-14-. The van der Waals surface area contributed by atoms with E-state index < -0.39 is 16.0 Å². The first-order chi connectivity index (χ1) is 15.8. The topological polar surface area (TPSA) is 90.7 Å². The predicted molar refractivity (Wildman–Crippen MR) is 126 cm³/mol. The Kier molecular flexibility index (Phi) is 6.85. The van der Waals surface area contributed by atoms with E-state index in [9.17, 15) is 13.2 Å². The van der Waals surface area contributed by atoms with Crippen molar-refractivity contribution >= 4 is 49.7 Å². The summed E-state index contributed by atoms with van der Waals surface area (Å²) in [5, 5.41) is 0.399. The molecule has 0 radical (unpaired) electrons. The predicted octanol–water partition coefficient (Wildman–Crippen LogP) is 3.60. The quantitative estimate of drug-likeness (QED) is 0.491. The molecule has 0 N–H and O–H groups in total. The molecule has 10 heteroatoms. The summed E-state index contributed by atoms with van der Waals surface area (Å²) in [6.45, 7) is 4.01. The summed E-state index contributed by atoms with van der Waals surface area (Å²) in [5.74, 6) is 0.124. The molecule has 0 saturated carbocycles. The molecule has 0 aliphatic carbocycles. The largest absolute Gasteiger partial charge is 0.465 e. The molecule has 2 aromatic carbocycles. The summed E-state index contributed by atoms with van der Waals surface area (Å²) in [4.78, 5) is 16.5. The van der Waals surface area contributed by atoms with Gasteiger partial charge < -0.3 is 14.0 Å². The Balaban J connectivity index is 1.69. The average molecular weight is 490 g/mol. The van der Waals surface area contributed by atoms with Crippen LogP contribution in [0, 0.1) is 0 Å². The van der Waals surface area contributed by atoms with E-state index in [1.165, 1.54) is 11.4 Å². The Morgan fingerprint density at radius 2 is 1.88 bits per heavy atom. The molecule has 1 fully saturated rings. The first-order valence-corrected chi connectivity index (χ1v) is 12.3. The molecule has 2 heterocycles. The SMILES string of the molecule is CCn1c(/C(Cl)=C/c2ccc(C(=O)OC)cc2)nc2cc(S(=O)(=O)N3CCOCC3)ccc21. The van der Waals surface area contributed by atoms with E-state index in [4.69, 9.17) is 21.1 Å². The lowest BCUT2D eigenvalue weighted by atomic mass is 10.1. The molecule has 0 atom stereocenters. The smallest absolute Gasteiger partial charge is 0.337 e. The maximum atomic E-state index is 13.0. The summed E-state index contributed by atoms with van der Waals surface area (Å²) < 4.78 is 39.4. The first kappa shape index (κ1) is 23.4. The number of morpholine rings is 1. The lowest BCUT2D eigenvalue weighted by Crippen LogP contribution is -2.40. The number of hydrogen-bond donors (Lipinski definition) is 0. The molecular weight excluding hydrogens is 466 g/mol. The number of hydrogen-bond acceptors (Lipinski definition) is 6. The minimum Gasteiger partial charge on any atom is -0.465 e. The molecule has 1 aliphatic rings. The molecule has 0 spiro atoms. The van der Waals surface area contributed by atoms with Crippen molar-refractivity contribution in [2.24, 2.45) is 0 Å². The van der Waals surface area contributed by atoms with Crippen LogP contribution in [0.1, 0.15) is 28.7 Å². The van der Waals surface area contributed by atoms with Crippen LogP contribution < -0.4 is 0 Å². The summed E-state index contributed by atoms with van der Waals surface area (Å²) >= 11 is 6.62. The van der Waals surface area contributed by atoms with Crippen molar-refractivity contribution < 1.29 is 22.7 Å². The average Bonchev–Trinajstić information content (AvgIpc) is 3.22. The van der Waals surface area contributed by atoms with Crippen LogP contribution in [0.5, 0.6) is 0 Å². The number of halogens is 1. The lowest BCUT2D eigenvalue weighted by molar-refractivity contribution is 0.0600. The Bertz CT molecular complexity index is 1310. The molecule has 33 heavy (non-hydrogen) atoms. The summed E-state index contributed by atoms with van der Waals surface area (Å²) in [6, 6.07) is 11.8. The highest BCUT2D eigenvalue weighted by Gasteiger charge is 2.27. The minimum atomic E-state index is -3.63. The van der Waals surface area contributed by atoms with Gasteiger partial charge in [0, 0.05) is 19.6 Å². The van der Waals surface area contributed by atoms with Gasteiger partial charge in [0.1, 0.15) is 0 Å². The Labute approximate surface area is 197 Å². The van der Waals surface area contributed by atoms with Gasteiger partial charge in [-0.3, -0.25) is 0 Å². The van der Waals surface area contributed by atoms with Crippen LogP contribution in [0.25, 0.3) is 22.1 Å². The third-order valence-electron chi connectivity index (χ3n) is 5.48. The molecule has 1 aliphatic heterocycles. The van der Waals surface area contributed by atoms with Gasteiger partial charge in [0.05, 0.1) is 46.8 Å². The molecule has 4 rings (SSSR count).